The number of rotatable bonds is 16. The van der Waals surface area contributed by atoms with Crippen LogP contribution < -0.4 is 10.7 Å². The van der Waals surface area contributed by atoms with Gasteiger partial charge in [-0.15, -0.1) is 0 Å². The smallest absolute Gasteiger partial charge is 0.253 e. The van der Waals surface area contributed by atoms with E-state index in [1.807, 2.05) is 74.5 Å². The lowest BCUT2D eigenvalue weighted by molar-refractivity contribution is -0.125. The van der Waals surface area contributed by atoms with E-state index < -0.39 is 18.1 Å². The maximum atomic E-state index is 13.8. The van der Waals surface area contributed by atoms with Crippen LogP contribution in [-0.4, -0.2) is 96.5 Å². The van der Waals surface area contributed by atoms with Gasteiger partial charge in [0.05, 0.1) is 18.6 Å². The van der Waals surface area contributed by atoms with Gasteiger partial charge in [0, 0.05) is 57.5 Å². The third kappa shape index (κ3) is 10.8. The van der Waals surface area contributed by atoms with Crippen molar-refractivity contribution in [1.29, 1.82) is 0 Å². The molecule has 0 heterocycles. The summed E-state index contributed by atoms with van der Waals surface area (Å²) in [5.41, 5.74) is 5.15. The number of aliphatic hydroxyl groups excluding tert-OH is 1. The Balaban J connectivity index is 1.86. The minimum atomic E-state index is -1.08. The quantitative estimate of drug-likeness (QED) is 0.209. The molecular formula is C36H47N5O5. The molecule has 3 rings (SSSR count). The third-order valence-electron chi connectivity index (χ3n) is 7.43. The average Bonchev–Trinajstić information content (AvgIpc) is 3.04. The molecule has 0 aliphatic rings. The number of nitrogens with zero attached hydrogens (tertiary/aromatic N) is 3. The van der Waals surface area contributed by atoms with Gasteiger partial charge in [-0.25, -0.2) is 5.01 Å². The van der Waals surface area contributed by atoms with Crippen LogP contribution in [0.25, 0.3) is 0 Å². The summed E-state index contributed by atoms with van der Waals surface area (Å²) in [6.07, 6.45) is 0.958. The Morgan fingerprint density at radius 2 is 1.26 bits per heavy atom. The normalized spacial score (nSPS) is 12.2. The van der Waals surface area contributed by atoms with Gasteiger partial charge in [-0.1, -0.05) is 74.5 Å². The lowest BCUT2D eigenvalue weighted by atomic mass is 9.99. The summed E-state index contributed by atoms with van der Waals surface area (Å²) in [7, 11) is 4.87. The van der Waals surface area contributed by atoms with Gasteiger partial charge in [-0.3, -0.25) is 24.6 Å². The number of aliphatic hydroxyl groups is 1. The molecule has 0 aromatic heterocycles. The molecule has 0 saturated carbocycles. The number of hydrogen-bond acceptors (Lipinski definition) is 6. The van der Waals surface area contributed by atoms with E-state index in [4.69, 9.17) is 0 Å². The minimum absolute atomic E-state index is 0.0319. The van der Waals surface area contributed by atoms with Crippen molar-refractivity contribution in [3.8, 4) is 0 Å². The predicted molar refractivity (Wildman–Crippen MR) is 179 cm³/mol. The van der Waals surface area contributed by atoms with E-state index in [2.05, 4.69) is 10.7 Å². The van der Waals surface area contributed by atoms with Crippen molar-refractivity contribution in [3.63, 3.8) is 0 Å². The van der Waals surface area contributed by atoms with Gasteiger partial charge in [0.25, 0.3) is 17.7 Å². The lowest BCUT2D eigenvalue weighted by Crippen LogP contribution is -2.52. The van der Waals surface area contributed by atoms with Crippen LogP contribution in [-0.2, 0) is 17.6 Å². The molecule has 46 heavy (non-hydrogen) atoms. The molecule has 3 aromatic carbocycles. The summed E-state index contributed by atoms with van der Waals surface area (Å²) >= 11 is 0. The Morgan fingerprint density at radius 3 is 1.80 bits per heavy atom. The molecule has 3 aromatic rings. The molecule has 246 valence electrons. The zero-order chi connectivity index (χ0) is 33.6. The van der Waals surface area contributed by atoms with Gasteiger partial charge in [-0.05, 0) is 48.6 Å². The monoisotopic (exact) mass is 629 g/mol. The van der Waals surface area contributed by atoms with E-state index in [-0.39, 0.29) is 47.4 Å². The van der Waals surface area contributed by atoms with Crippen molar-refractivity contribution < 1.29 is 24.3 Å². The molecule has 0 saturated heterocycles. The highest BCUT2D eigenvalue weighted by Crippen LogP contribution is 2.17. The molecule has 0 radical (unpaired) electrons. The first-order valence-corrected chi connectivity index (χ1v) is 15.8. The number of hydrazine groups is 1. The van der Waals surface area contributed by atoms with E-state index in [0.717, 1.165) is 24.0 Å². The fourth-order valence-electron chi connectivity index (χ4n) is 5.19. The summed E-state index contributed by atoms with van der Waals surface area (Å²) in [5.74, 6) is -1.35. The summed E-state index contributed by atoms with van der Waals surface area (Å²) in [5, 5.41) is 15.8. The number of carbonyl (C=O) groups is 4. The van der Waals surface area contributed by atoms with Crippen LogP contribution in [0.4, 0.5) is 0 Å². The second kappa shape index (κ2) is 17.8. The minimum Gasteiger partial charge on any atom is -0.390 e. The second-order valence-corrected chi connectivity index (χ2v) is 11.7. The summed E-state index contributed by atoms with van der Waals surface area (Å²) < 4.78 is 0. The number of likely N-dealkylation sites (N-methyl/N-ethyl adjacent to an activating group) is 1. The molecule has 0 spiro atoms. The number of carbonyl (C=O) groups excluding carboxylic acids is 4. The Hall–Kier alpha value is -4.54. The molecule has 4 amide bonds. The average molecular weight is 630 g/mol. The first kappa shape index (κ1) is 35.9. The van der Waals surface area contributed by atoms with Crippen molar-refractivity contribution in [2.24, 2.45) is 0 Å². The van der Waals surface area contributed by atoms with Gasteiger partial charge in [-0.2, -0.15) is 0 Å². The van der Waals surface area contributed by atoms with Crippen LogP contribution in [0.3, 0.4) is 0 Å². The predicted octanol–water partition coefficient (Wildman–Crippen LogP) is 3.56. The first-order valence-electron chi connectivity index (χ1n) is 15.8. The molecule has 2 atom stereocenters. The molecule has 0 aliphatic heterocycles. The Morgan fingerprint density at radius 1 is 0.739 bits per heavy atom. The Labute approximate surface area is 272 Å². The van der Waals surface area contributed by atoms with Crippen LogP contribution >= 0.6 is 0 Å². The number of amides is 4. The first-order chi connectivity index (χ1) is 22.0. The molecule has 3 N–H and O–H groups in total. The molecule has 10 nitrogen and oxygen atoms in total. The highest BCUT2D eigenvalue weighted by molar-refractivity contribution is 6.04. The zero-order valence-electron chi connectivity index (χ0n) is 27.5. The fraction of sp³-hybridized carbons (Fsp3) is 0.389. The van der Waals surface area contributed by atoms with Crippen molar-refractivity contribution >= 4 is 23.6 Å². The molecule has 0 aliphatic carbocycles. The number of benzene rings is 3. The van der Waals surface area contributed by atoms with Crippen LogP contribution in [0.15, 0.2) is 78.9 Å². The van der Waals surface area contributed by atoms with Crippen molar-refractivity contribution in [2.45, 2.75) is 51.7 Å². The van der Waals surface area contributed by atoms with E-state index in [1.165, 1.54) is 28.1 Å². The lowest BCUT2D eigenvalue weighted by Gasteiger charge is -2.28. The third-order valence-corrected chi connectivity index (χ3v) is 7.43. The molecule has 0 bridgehead atoms. The van der Waals surface area contributed by atoms with Gasteiger partial charge in [0.1, 0.15) is 0 Å². The SMILES string of the molecule is CCCN(CCC)C(=O)c1cc(C(=O)NC(Cc2ccccc2)C(O)CN(C)NC(=O)Cc2ccccc2)cc(C(=O)N(C)C)c1. The van der Waals surface area contributed by atoms with Crippen molar-refractivity contribution in [2.75, 3.05) is 40.8 Å². The molecule has 0 fully saturated rings. The van der Waals surface area contributed by atoms with E-state index >= 15 is 0 Å². The van der Waals surface area contributed by atoms with Gasteiger partial charge >= 0.3 is 0 Å². The number of hydrogen-bond donors (Lipinski definition) is 3. The highest BCUT2D eigenvalue weighted by atomic mass is 16.3. The Kier molecular flexibility index (Phi) is 13.9. The number of nitrogens with one attached hydrogen (secondary N) is 2. The Bertz CT molecular complexity index is 1440. The van der Waals surface area contributed by atoms with Crippen molar-refractivity contribution in [1.82, 2.24) is 25.6 Å². The molecule has 10 heteroatoms. The van der Waals surface area contributed by atoms with Crippen molar-refractivity contribution in [3.05, 3.63) is 107 Å². The molecule has 2 unspecified atom stereocenters. The largest absolute Gasteiger partial charge is 0.390 e. The fourth-order valence-corrected chi connectivity index (χ4v) is 5.19. The summed E-state index contributed by atoms with van der Waals surface area (Å²) in [6.45, 7) is 5.13. The van der Waals surface area contributed by atoms with Crippen LogP contribution in [0.5, 0.6) is 0 Å². The standard InChI is InChI=1S/C36H47N5O5/c1-6-18-41(19-7-2)36(46)30-23-28(22-29(24-30)35(45)39(3)4)34(44)37-31(20-26-14-10-8-11-15-26)32(42)25-40(5)38-33(43)21-27-16-12-9-13-17-27/h8-17,22-24,31-32,42H,6-7,18-21,25H2,1-5H3,(H,37,44)(H,38,43). The highest BCUT2D eigenvalue weighted by Gasteiger charge is 2.26. The van der Waals surface area contributed by atoms with Crippen LogP contribution in [0.2, 0.25) is 0 Å². The van der Waals surface area contributed by atoms with E-state index in [1.54, 1.807) is 26.0 Å². The summed E-state index contributed by atoms with van der Waals surface area (Å²) in [6, 6.07) is 22.5. The summed E-state index contributed by atoms with van der Waals surface area (Å²) in [4.78, 5) is 56.1. The van der Waals surface area contributed by atoms with E-state index in [9.17, 15) is 24.3 Å². The maximum Gasteiger partial charge on any atom is 0.253 e. The second-order valence-electron chi connectivity index (χ2n) is 11.7. The molecular weight excluding hydrogens is 582 g/mol. The van der Waals surface area contributed by atoms with Crippen LogP contribution in [0.1, 0.15) is 68.9 Å². The van der Waals surface area contributed by atoms with Gasteiger partial charge in [0.2, 0.25) is 5.91 Å². The van der Waals surface area contributed by atoms with E-state index in [0.29, 0.717) is 19.5 Å². The maximum absolute atomic E-state index is 13.8. The zero-order valence-corrected chi connectivity index (χ0v) is 27.5. The van der Waals surface area contributed by atoms with Gasteiger partial charge < -0.3 is 20.2 Å². The van der Waals surface area contributed by atoms with Crippen LogP contribution in [0, 0.1) is 0 Å². The topological polar surface area (TPSA) is 122 Å². The van der Waals surface area contributed by atoms with Gasteiger partial charge in [0.15, 0.2) is 0 Å².